The van der Waals surface area contributed by atoms with E-state index < -0.39 is 0 Å². The number of guanidine groups is 1. The summed E-state index contributed by atoms with van der Waals surface area (Å²) >= 11 is 0. The molecular formula is C18H32N4O. The number of hydrogen-bond acceptors (Lipinski definition) is 3. The quantitative estimate of drug-likeness (QED) is 0.456. The number of nitrogens with two attached hydrogens (primary N) is 1. The third-order valence-electron chi connectivity index (χ3n) is 3.81. The molecule has 0 aliphatic carbocycles. The molecule has 1 heterocycles. The van der Waals surface area contributed by atoms with Crippen LogP contribution in [0.1, 0.15) is 45.7 Å². The van der Waals surface area contributed by atoms with Gasteiger partial charge in [-0.1, -0.05) is 32.8 Å². The van der Waals surface area contributed by atoms with Crippen molar-refractivity contribution in [2.24, 2.45) is 22.6 Å². The number of nitrogens with zero attached hydrogens (tertiary/aromatic N) is 2. The Morgan fingerprint density at radius 1 is 1.30 bits per heavy atom. The molecule has 0 aromatic carbocycles. The van der Waals surface area contributed by atoms with Crippen LogP contribution in [0.4, 0.5) is 0 Å². The van der Waals surface area contributed by atoms with E-state index >= 15 is 0 Å². The van der Waals surface area contributed by atoms with E-state index in [9.17, 15) is 5.11 Å². The number of aliphatic imine (C=N–C) groups is 1. The highest BCUT2D eigenvalue weighted by Crippen LogP contribution is 2.08. The first-order chi connectivity index (χ1) is 11.0. The van der Waals surface area contributed by atoms with Crippen molar-refractivity contribution in [2.45, 2.75) is 52.5 Å². The fourth-order valence-corrected chi connectivity index (χ4v) is 2.43. The molecule has 0 aliphatic heterocycles. The average Bonchev–Trinajstić information content (AvgIpc) is 2.52. The summed E-state index contributed by atoms with van der Waals surface area (Å²) in [6, 6.07) is 6.12. The molecule has 1 aromatic heterocycles. The number of pyridine rings is 1. The molecule has 5 heteroatoms. The minimum absolute atomic E-state index is 0.0431. The van der Waals surface area contributed by atoms with E-state index in [1.54, 1.807) is 6.20 Å². The summed E-state index contributed by atoms with van der Waals surface area (Å²) in [5.41, 5.74) is 6.91. The molecule has 0 saturated carbocycles. The lowest BCUT2D eigenvalue weighted by molar-refractivity contribution is 0.229. The number of rotatable bonds is 10. The predicted molar refractivity (Wildman–Crippen MR) is 96.3 cm³/mol. The summed E-state index contributed by atoms with van der Waals surface area (Å²) in [6.45, 7) is 7.19. The van der Waals surface area contributed by atoms with Crippen molar-refractivity contribution >= 4 is 5.96 Å². The molecule has 1 aromatic rings. The monoisotopic (exact) mass is 320 g/mol. The number of hydrogen-bond donors (Lipinski definition) is 3. The Bertz CT molecular complexity index is 448. The molecule has 0 bridgehead atoms. The van der Waals surface area contributed by atoms with E-state index in [2.05, 4.69) is 36.1 Å². The van der Waals surface area contributed by atoms with E-state index in [0.717, 1.165) is 18.0 Å². The van der Waals surface area contributed by atoms with E-state index in [4.69, 9.17) is 5.73 Å². The van der Waals surface area contributed by atoms with E-state index in [0.29, 0.717) is 25.0 Å². The first-order valence-electron chi connectivity index (χ1n) is 8.58. The number of aliphatic hydroxyl groups is 1. The van der Waals surface area contributed by atoms with E-state index in [-0.39, 0.29) is 12.5 Å². The highest BCUT2D eigenvalue weighted by molar-refractivity contribution is 5.78. The SMILES string of the molecule is CC(C)CCCC(C)NC(N)=NCC(CO)Cc1ccccn1. The van der Waals surface area contributed by atoms with Gasteiger partial charge in [0, 0.05) is 37.0 Å². The lowest BCUT2D eigenvalue weighted by atomic mass is 10.0. The third-order valence-corrected chi connectivity index (χ3v) is 3.81. The van der Waals surface area contributed by atoms with Gasteiger partial charge in [-0.25, -0.2) is 0 Å². The Labute approximate surface area is 140 Å². The van der Waals surface area contributed by atoms with E-state index in [1.807, 2.05) is 18.2 Å². The van der Waals surface area contributed by atoms with Crippen LogP contribution in [0.2, 0.25) is 0 Å². The van der Waals surface area contributed by atoms with Gasteiger partial charge in [0.1, 0.15) is 0 Å². The number of aromatic nitrogens is 1. The van der Waals surface area contributed by atoms with Gasteiger partial charge in [-0.15, -0.1) is 0 Å². The second-order valence-electron chi connectivity index (χ2n) is 6.67. The number of nitrogens with one attached hydrogen (secondary N) is 1. The van der Waals surface area contributed by atoms with Crippen molar-refractivity contribution in [1.29, 1.82) is 0 Å². The molecule has 0 saturated heterocycles. The fraction of sp³-hybridized carbons (Fsp3) is 0.667. The first-order valence-corrected chi connectivity index (χ1v) is 8.58. The van der Waals surface area contributed by atoms with Gasteiger partial charge in [0.05, 0.1) is 0 Å². The largest absolute Gasteiger partial charge is 0.396 e. The lowest BCUT2D eigenvalue weighted by Gasteiger charge is -2.16. The summed E-state index contributed by atoms with van der Waals surface area (Å²) in [5.74, 6) is 1.24. The highest BCUT2D eigenvalue weighted by Gasteiger charge is 2.10. The van der Waals surface area contributed by atoms with Crippen LogP contribution in [-0.2, 0) is 6.42 Å². The molecule has 2 atom stereocenters. The number of aliphatic hydroxyl groups excluding tert-OH is 1. The Balaban J connectivity index is 2.35. The Morgan fingerprint density at radius 2 is 2.09 bits per heavy atom. The molecule has 0 aliphatic rings. The van der Waals surface area contributed by atoms with Crippen LogP contribution in [-0.4, -0.2) is 35.2 Å². The standard InChI is InChI=1S/C18H32N4O/c1-14(2)7-6-8-15(3)22-18(19)21-12-16(13-23)11-17-9-4-5-10-20-17/h4-5,9-10,14-16,23H,6-8,11-13H2,1-3H3,(H3,19,21,22). The summed E-state index contributed by atoms with van der Waals surface area (Å²) in [7, 11) is 0. The molecule has 1 rings (SSSR count). The predicted octanol–water partition coefficient (Wildman–Crippen LogP) is 2.35. The van der Waals surface area contributed by atoms with Gasteiger partial charge in [0.25, 0.3) is 0 Å². The molecule has 5 nitrogen and oxygen atoms in total. The van der Waals surface area contributed by atoms with Gasteiger partial charge in [-0.05, 0) is 37.8 Å². The summed E-state index contributed by atoms with van der Waals surface area (Å²) < 4.78 is 0. The molecule has 4 N–H and O–H groups in total. The zero-order chi connectivity index (χ0) is 17.1. The molecule has 0 spiro atoms. The van der Waals surface area contributed by atoms with Crippen LogP contribution in [0.3, 0.4) is 0 Å². The zero-order valence-electron chi connectivity index (χ0n) is 14.7. The van der Waals surface area contributed by atoms with Crippen LogP contribution >= 0.6 is 0 Å². The van der Waals surface area contributed by atoms with Crippen molar-refractivity contribution in [3.63, 3.8) is 0 Å². The normalized spacial score (nSPS) is 14.7. The summed E-state index contributed by atoms with van der Waals surface area (Å²) in [6.07, 6.45) is 5.99. The first kappa shape index (κ1) is 19.4. The van der Waals surface area contributed by atoms with Gasteiger partial charge in [0.2, 0.25) is 0 Å². The van der Waals surface area contributed by atoms with Crippen molar-refractivity contribution in [2.75, 3.05) is 13.2 Å². The van der Waals surface area contributed by atoms with Crippen LogP contribution in [0, 0.1) is 11.8 Å². The van der Waals surface area contributed by atoms with Gasteiger partial charge in [0.15, 0.2) is 5.96 Å². The van der Waals surface area contributed by atoms with Crippen LogP contribution in [0.15, 0.2) is 29.4 Å². The van der Waals surface area contributed by atoms with Gasteiger partial charge >= 0.3 is 0 Å². The zero-order valence-corrected chi connectivity index (χ0v) is 14.7. The Hall–Kier alpha value is -1.62. The molecule has 23 heavy (non-hydrogen) atoms. The average molecular weight is 320 g/mol. The van der Waals surface area contributed by atoms with Crippen molar-refractivity contribution in [1.82, 2.24) is 10.3 Å². The second-order valence-corrected chi connectivity index (χ2v) is 6.67. The van der Waals surface area contributed by atoms with E-state index in [1.165, 1.54) is 12.8 Å². The van der Waals surface area contributed by atoms with Gasteiger partial charge in [-0.3, -0.25) is 9.98 Å². The molecule has 130 valence electrons. The maximum Gasteiger partial charge on any atom is 0.188 e. The highest BCUT2D eigenvalue weighted by atomic mass is 16.3. The van der Waals surface area contributed by atoms with Crippen LogP contribution in [0.25, 0.3) is 0 Å². The van der Waals surface area contributed by atoms with Gasteiger partial charge in [-0.2, -0.15) is 0 Å². The molecular weight excluding hydrogens is 288 g/mol. The lowest BCUT2D eigenvalue weighted by Crippen LogP contribution is -2.39. The van der Waals surface area contributed by atoms with Crippen molar-refractivity contribution in [3.05, 3.63) is 30.1 Å². The Morgan fingerprint density at radius 3 is 2.70 bits per heavy atom. The minimum atomic E-state index is 0.0431. The topological polar surface area (TPSA) is 83.5 Å². The molecule has 0 radical (unpaired) electrons. The molecule has 0 amide bonds. The van der Waals surface area contributed by atoms with Gasteiger partial charge < -0.3 is 16.2 Å². The minimum Gasteiger partial charge on any atom is -0.396 e. The maximum atomic E-state index is 9.49. The summed E-state index contributed by atoms with van der Waals surface area (Å²) in [5, 5.41) is 12.7. The van der Waals surface area contributed by atoms with Crippen LogP contribution in [0.5, 0.6) is 0 Å². The van der Waals surface area contributed by atoms with Crippen molar-refractivity contribution < 1.29 is 5.11 Å². The third kappa shape index (κ3) is 9.18. The Kier molecular flexibility index (Phi) is 9.29. The van der Waals surface area contributed by atoms with Crippen molar-refractivity contribution in [3.8, 4) is 0 Å². The van der Waals surface area contributed by atoms with Crippen LogP contribution < -0.4 is 11.1 Å². The maximum absolute atomic E-state index is 9.49. The summed E-state index contributed by atoms with van der Waals surface area (Å²) in [4.78, 5) is 8.65. The fourth-order valence-electron chi connectivity index (χ4n) is 2.43. The molecule has 2 unspecified atom stereocenters. The molecule has 0 fully saturated rings. The smallest absolute Gasteiger partial charge is 0.188 e. The second kappa shape index (κ2) is 11.0.